The Balaban J connectivity index is 2.10. The number of hydrogen-bond donors (Lipinski definition) is 2. The molecule has 2 aromatic carbocycles. The van der Waals surface area contributed by atoms with Gasteiger partial charge in [-0.1, -0.05) is 6.92 Å². The van der Waals surface area contributed by atoms with Gasteiger partial charge in [0.1, 0.15) is 12.4 Å². The lowest BCUT2D eigenvalue weighted by atomic mass is 10.1. The maximum Gasteiger partial charge on any atom is 0.262 e. The quantitative estimate of drug-likeness (QED) is 0.417. The molecule has 36 heavy (non-hydrogen) atoms. The van der Waals surface area contributed by atoms with E-state index in [-0.39, 0.29) is 29.6 Å². The first-order chi connectivity index (χ1) is 17.0. The molecule has 0 atom stereocenters. The Morgan fingerprint density at radius 2 is 1.92 bits per heavy atom. The maximum atomic E-state index is 14.1. The van der Waals surface area contributed by atoms with Crippen LogP contribution in [0.3, 0.4) is 0 Å². The predicted molar refractivity (Wildman–Crippen MR) is 142 cm³/mol. The molecule has 1 amide bonds. The number of benzene rings is 2. The molecule has 0 bridgehead atoms. The van der Waals surface area contributed by atoms with Crippen molar-refractivity contribution in [1.82, 2.24) is 20.2 Å². The molecule has 0 aliphatic heterocycles. The van der Waals surface area contributed by atoms with E-state index in [1.807, 2.05) is 33.9 Å². The van der Waals surface area contributed by atoms with Crippen LogP contribution in [0.2, 0.25) is 0 Å². The Bertz CT molecular complexity index is 1280. The van der Waals surface area contributed by atoms with Gasteiger partial charge in [0.15, 0.2) is 11.6 Å². The van der Waals surface area contributed by atoms with Crippen molar-refractivity contribution in [3.63, 3.8) is 0 Å². The number of nitrogens with one attached hydrogen (secondary N) is 2. The summed E-state index contributed by atoms with van der Waals surface area (Å²) in [7, 11) is 3.34. The average Bonchev–Trinajstić information content (AvgIpc) is 2.82. The molecule has 0 aliphatic carbocycles. The zero-order valence-electron chi connectivity index (χ0n) is 21.9. The second kappa shape index (κ2) is 11.5. The van der Waals surface area contributed by atoms with E-state index in [1.54, 1.807) is 12.1 Å². The number of carbonyl (C=O) groups is 1. The minimum Gasteiger partial charge on any atom is -0.494 e. The van der Waals surface area contributed by atoms with E-state index in [9.17, 15) is 14.0 Å². The fourth-order valence-corrected chi connectivity index (χ4v) is 3.89. The number of ether oxygens (including phenoxy) is 1. The summed E-state index contributed by atoms with van der Waals surface area (Å²) in [6.45, 7) is 10.1. The lowest BCUT2D eigenvalue weighted by Crippen LogP contribution is -2.43. The van der Waals surface area contributed by atoms with Gasteiger partial charge in [-0.25, -0.2) is 9.37 Å². The summed E-state index contributed by atoms with van der Waals surface area (Å²) in [6, 6.07) is 9.78. The van der Waals surface area contributed by atoms with Crippen LogP contribution in [0.15, 0.2) is 41.2 Å². The van der Waals surface area contributed by atoms with Gasteiger partial charge >= 0.3 is 0 Å². The summed E-state index contributed by atoms with van der Waals surface area (Å²) in [5, 5.41) is 6.67. The van der Waals surface area contributed by atoms with E-state index in [4.69, 9.17) is 9.72 Å². The summed E-state index contributed by atoms with van der Waals surface area (Å²) in [4.78, 5) is 33.3. The average molecular weight is 498 g/mol. The number of likely N-dealkylation sites (N-methyl/N-ethyl adjacent to an activating group) is 1. The summed E-state index contributed by atoms with van der Waals surface area (Å²) in [5.74, 6) is -0.556. The van der Waals surface area contributed by atoms with Crippen LogP contribution in [0.1, 0.15) is 34.1 Å². The van der Waals surface area contributed by atoms with Crippen molar-refractivity contribution in [3.05, 3.63) is 52.6 Å². The van der Waals surface area contributed by atoms with E-state index in [0.29, 0.717) is 16.5 Å². The second-order valence-corrected chi connectivity index (χ2v) is 9.85. The number of carbonyl (C=O) groups excluding carboxylic acids is 1. The fraction of sp³-hybridized carbons (Fsp3) is 0.444. The normalized spacial score (nSPS) is 11.5. The van der Waals surface area contributed by atoms with Crippen LogP contribution in [0, 0.1) is 5.82 Å². The summed E-state index contributed by atoms with van der Waals surface area (Å²) >= 11 is 0. The third-order valence-electron chi connectivity index (χ3n) is 5.65. The molecule has 0 fully saturated rings. The Kier molecular flexibility index (Phi) is 8.68. The summed E-state index contributed by atoms with van der Waals surface area (Å²) in [6.07, 6.45) is 1.07. The molecule has 1 heterocycles. The number of aromatic nitrogens is 2. The molecule has 0 saturated heterocycles. The van der Waals surface area contributed by atoms with Crippen LogP contribution >= 0.6 is 0 Å². The van der Waals surface area contributed by atoms with Crippen molar-refractivity contribution in [2.45, 2.75) is 46.2 Å². The van der Waals surface area contributed by atoms with Crippen molar-refractivity contribution in [2.24, 2.45) is 0 Å². The van der Waals surface area contributed by atoms with Crippen molar-refractivity contribution in [2.75, 3.05) is 38.7 Å². The molecule has 3 aromatic rings. The number of methoxy groups -OCH3 is 1. The minimum atomic E-state index is -0.525. The number of anilines is 1. The molecule has 0 aliphatic rings. The first-order valence-corrected chi connectivity index (χ1v) is 12.2. The molecule has 0 radical (unpaired) electrons. The van der Waals surface area contributed by atoms with Crippen LogP contribution in [-0.2, 0) is 11.3 Å². The van der Waals surface area contributed by atoms with Crippen LogP contribution in [0.25, 0.3) is 22.3 Å². The van der Waals surface area contributed by atoms with Crippen molar-refractivity contribution in [1.29, 1.82) is 0 Å². The molecular weight excluding hydrogens is 461 g/mol. The van der Waals surface area contributed by atoms with Crippen molar-refractivity contribution in [3.8, 4) is 17.1 Å². The highest BCUT2D eigenvalue weighted by molar-refractivity contribution is 5.84. The molecule has 0 spiro atoms. The van der Waals surface area contributed by atoms with Gasteiger partial charge in [0.05, 0.1) is 18.0 Å². The number of hydrogen-bond acceptors (Lipinski definition) is 6. The highest BCUT2D eigenvalue weighted by Gasteiger charge is 2.20. The van der Waals surface area contributed by atoms with Crippen molar-refractivity contribution >= 4 is 22.5 Å². The highest BCUT2D eigenvalue weighted by Crippen LogP contribution is 2.27. The zero-order chi connectivity index (χ0) is 26.5. The Morgan fingerprint density at radius 3 is 2.58 bits per heavy atom. The molecule has 0 unspecified atom stereocenters. The minimum absolute atomic E-state index is 0.0289. The standard InChI is InChI=1S/C27H36FN5O3/c1-7-12-29-13-14-32(5)19-9-11-22-20(16-19)26(35)33(17-24(34)31-27(2,3)4)25(30-22)18-8-10-21(28)23(15-18)36-6/h8-11,15-16,29H,7,12-14,17H2,1-6H3,(H,31,34). The van der Waals surface area contributed by atoms with Gasteiger partial charge in [-0.2, -0.15) is 0 Å². The Hall–Kier alpha value is -3.46. The van der Waals surface area contributed by atoms with Gasteiger partial charge in [-0.3, -0.25) is 14.2 Å². The molecule has 9 heteroatoms. The summed E-state index contributed by atoms with van der Waals surface area (Å²) < 4.78 is 20.5. The van der Waals surface area contributed by atoms with Gasteiger partial charge in [0, 0.05) is 36.9 Å². The van der Waals surface area contributed by atoms with Crippen LogP contribution in [0.5, 0.6) is 5.75 Å². The predicted octanol–water partition coefficient (Wildman–Crippen LogP) is 3.56. The number of nitrogens with zero attached hydrogens (tertiary/aromatic N) is 3. The number of halogens is 1. The molecule has 8 nitrogen and oxygen atoms in total. The first-order valence-electron chi connectivity index (χ1n) is 12.2. The van der Waals surface area contributed by atoms with E-state index in [1.165, 1.54) is 29.9 Å². The molecule has 194 valence electrons. The molecular formula is C27H36FN5O3. The van der Waals surface area contributed by atoms with E-state index >= 15 is 0 Å². The van der Waals surface area contributed by atoms with Gasteiger partial charge in [0.2, 0.25) is 5.91 Å². The topological polar surface area (TPSA) is 88.5 Å². The lowest BCUT2D eigenvalue weighted by Gasteiger charge is -2.22. The second-order valence-electron chi connectivity index (χ2n) is 9.85. The Labute approximate surface area is 211 Å². The van der Waals surface area contributed by atoms with E-state index in [0.717, 1.165) is 31.7 Å². The highest BCUT2D eigenvalue weighted by atomic mass is 19.1. The SMILES string of the molecule is CCCNCCN(C)c1ccc2nc(-c3ccc(F)c(OC)c3)n(CC(=O)NC(C)(C)C)c(=O)c2c1. The van der Waals surface area contributed by atoms with Gasteiger partial charge in [-0.15, -0.1) is 0 Å². The Morgan fingerprint density at radius 1 is 1.17 bits per heavy atom. The van der Waals surface area contributed by atoms with Crippen LogP contribution in [0.4, 0.5) is 10.1 Å². The van der Waals surface area contributed by atoms with Gasteiger partial charge in [-0.05, 0) is 70.1 Å². The third-order valence-corrected chi connectivity index (χ3v) is 5.65. The molecule has 1 aromatic heterocycles. The largest absolute Gasteiger partial charge is 0.494 e. The van der Waals surface area contributed by atoms with Crippen LogP contribution < -0.4 is 25.8 Å². The lowest BCUT2D eigenvalue weighted by molar-refractivity contribution is -0.123. The number of fused-ring (bicyclic) bond motifs is 1. The first kappa shape index (κ1) is 27.1. The molecule has 3 rings (SSSR count). The monoisotopic (exact) mass is 497 g/mol. The van der Waals surface area contributed by atoms with Gasteiger partial charge in [0.25, 0.3) is 5.56 Å². The smallest absolute Gasteiger partial charge is 0.262 e. The number of rotatable bonds is 10. The van der Waals surface area contributed by atoms with Gasteiger partial charge < -0.3 is 20.3 Å². The van der Waals surface area contributed by atoms with E-state index in [2.05, 4.69) is 22.5 Å². The van der Waals surface area contributed by atoms with E-state index < -0.39 is 11.4 Å². The molecule has 0 saturated carbocycles. The number of amides is 1. The molecule has 2 N–H and O–H groups in total. The fourth-order valence-electron chi connectivity index (χ4n) is 3.89. The summed E-state index contributed by atoms with van der Waals surface area (Å²) in [5.41, 5.74) is 1.03. The third kappa shape index (κ3) is 6.60. The maximum absolute atomic E-state index is 14.1. The van der Waals surface area contributed by atoms with Crippen LogP contribution in [-0.4, -0.2) is 54.8 Å². The zero-order valence-corrected chi connectivity index (χ0v) is 21.9. The van der Waals surface area contributed by atoms with Crippen molar-refractivity contribution < 1.29 is 13.9 Å².